The molecule has 44 heavy (non-hydrogen) atoms. The largest absolute Gasteiger partial charge is 0.497 e. The normalized spacial score (nSPS) is 14.2. The van der Waals surface area contributed by atoms with E-state index in [0.29, 0.717) is 12.2 Å². The number of halogens is 4. The minimum atomic E-state index is -3.05. The summed E-state index contributed by atoms with van der Waals surface area (Å²) in [6.45, 7) is 0.984. The van der Waals surface area contributed by atoms with Gasteiger partial charge in [0.2, 0.25) is 0 Å². The molecule has 3 heterocycles. The molecule has 2 aromatic carbocycles. The van der Waals surface area contributed by atoms with Gasteiger partial charge < -0.3 is 19.7 Å². The second-order valence-corrected chi connectivity index (χ2v) is 10.3. The maximum Gasteiger partial charge on any atom is 0.387 e. The summed E-state index contributed by atoms with van der Waals surface area (Å²) in [6, 6.07) is 11.8. The van der Waals surface area contributed by atoms with Crippen LogP contribution in [0.5, 0.6) is 11.5 Å². The van der Waals surface area contributed by atoms with Crippen molar-refractivity contribution < 1.29 is 31.8 Å². The van der Waals surface area contributed by atoms with Crippen molar-refractivity contribution in [1.29, 1.82) is 0 Å². The van der Waals surface area contributed by atoms with Gasteiger partial charge in [0.15, 0.2) is 5.82 Å². The van der Waals surface area contributed by atoms with Gasteiger partial charge in [0.05, 0.1) is 18.4 Å². The van der Waals surface area contributed by atoms with Crippen LogP contribution in [-0.4, -0.2) is 77.0 Å². The third-order valence-electron chi connectivity index (χ3n) is 7.33. The molecule has 0 radical (unpaired) electrons. The number of amides is 1. The minimum absolute atomic E-state index is 0.0182. The monoisotopic (exact) mass is 614 g/mol. The van der Waals surface area contributed by atoms with Crippen LogP contribution in [0.2, 0.25) is 0 Å². The van der Waals surface area contributed by atoms with Crippen LogP contribution in [0.3, 0.4) is 0 Å². The number of hydrogen-bond donors (Lipinski definition) is 1. The highest BCUT2D eigenvalue weighted by molar-refractivity contribution is 6.06. The Morgan fingerprint density at radius 1 is 0.977 bits per heavy atom. The number of carbonyl (C=O) groups is 1. The fraction of sp³-hybridized carbons (Fsp3) is 0.300. The van der Waals surface area contributed by atoms with Gasteiger partial charge in [0.25, 0.3) is 11.5 Å². The van der Waals surface area contributed by atoms with E-state index in [0.717, 1.165) is 55.1 Å². The molecular weight excluding hydrogens is 584 g/mol. The van der Waals surface area contributed by atoms with E-state index in [2.05, 4.69) is 31.9 Å². The van der Waals surface area contributed by atoms with Crippen LogP contribution in [0.4, 0.5) is 23.2 Å². The summed E-state index contributed by atoms with van der Waals surface area (Å²) in [6.07, 6.45) is 0. The highest BCUT2D eigenvalue weighted by Crippen LogP contribution is 2.34. The molecule has 0 atom stereocenters. The number of rotatable bonds is 9. The zero-order valence-corrected chi connectivity index (χ0v) is 24.2. The van der Waals surface area contributed by atoms with Crippen LogP contribution in [0, 0.1) is 11.6 Å². The molecule has 1 amide bonds. The zero-order chi connectivity index (χ0) is 31.5. The lowest BCUT2D eigenvalue weighted by molar-refractivity contribution is -0.0498. The number of carbonyl (C=O) groups excluding carboxylic acids is 1. The highest BCUT2D eigenvalue weighted by atomic mass is 19.3. The number of nitrogens with one attached hydrogen (secondary N) is 1. The Labute approximate surface area is 250 Å². The third-order valence-corrected chi connectivity index (χ3v) is 7.33. The van der Waals surface area contributed by atoms with Crippen LogP contribution in [0.15, 0.2) is 59.4 Å². The van der Waals surface area contributed by atoms with E-state index in [1.165, 1.54) is 31.0 Å². The summed E-state index contributed by atoms with van der Waals surface area (Å²) in [4.78, 5) is 36.2. The van der Waals surface area contributed by atoms with Crippen LogP contribution < -0.4 is 20.3 Å². The van der Waals surface area contributed by atoms with E-state index in [9.17, 15) is 18.4 Å². The first-order valence-corrected chi connectivity index (χ1v) is 13.6. The number of ether oxygens (including phenoxy) is 2. The molecule has 5 rings (SSSR count). The third kappa shape index (κ3) is 6.45. The van der Waals surface area contributed by atoms with Gasteiger partial charge in [0.1, 0.15) is 34.5 Å². The summed E-state index contributed by atoms with van der Waals surface area (Å²) in [5.41, 5.74) is -1.39. The van der Waals surface area contributed by atoms with E-state index in [-0.39, 0.29) is 28.6 Å². The number of nitrogens with zero attached hydrogens (tertiary/aromatic N) is 5. The van der Waals surface area contributed by atoms with Gasteiger partial charge >= 0.3 is 6.61 Å². The average molecular weight is 615 g/mol. The van der Waals surface area contributed by atoms with Crippen molar-refractivity contribution in [2.24, 2.45) is 7.05 Å². The van der Waals surface area contributed by atoms with Crippen molar-refractivity contribution in [1.82, 2.24) is 24.1 Å². The van der Waals surface area contributed by atoms with E-state index in [4.69, 9.17) is 4.74 Å². The molecule has 1 saturated heterocycles. The Hall–Kier alpha value is -4.69. The maximum absolute atomic E-state index is 15.4. The average Bonchev–Trinajstić information content (AvgIpc) is 3.22. The zero-order valence-electron chi connectivity index (χ0n) is 24.2. The summed E-state index contributed by atoms with van der Waals surface area (Å²) in [5.74, 6) is -2.97. The Kier molecular flexibility index (Phi) is 9.01. The predicted octanol–water partition coefficient (Wildman–Crippen LogP) is 4.13. The molecule has 4 aromatic rings. The number of hydrogen-bond acceptors (Lipinski definition) is 7. The molecule has 0 unspecified atom stereocenters. The molecule has 1 aliphatic rings. The molecule has 14 heteroatoms. The van der Waals surface area contributed by atoms with E-state index in [1.807, 2.05) is 6.07 Å². The van der Waals surface area contributed by atoms with Gasteiger partial charge in [-0.15, -0.1) is 0 Å². The number of methoxy groups -OCH3 is 1. The first kappa shape index (κ1) is 30.8. The number of pyridine rings is 1. The van der Waals surface area contributed by atoms with Crippen molar-refractivity contribution in [3.05, 3.63) is 87.8 Å². The van der Waals surface area contributed by atoms with Crippen molar-refractivity contribution in [2.45, 2.75) is 13.2 Å². The first-order chi connectivity index (χ1) is 21.0. The second kappa shape index (κ2) is 12.9. The molecule has 1 fully saturated rings. The fourth-order valence-corrected chi connectivity index (χ4v) is 5.04. The van der Waals surface area contributed by atoms with Crippen molar-refractivity contribution in [3.63, 3.8) is 0 Å². The van der Waals surface area contributed by atoms with Gasteiger partial charge in [-0.2, -0.15) is 13.5 Å². The first-order valence-electron chi connectivity index (χ1n) is 13.6. The van der Waals surface area contributed by atoms with E-state index >= 15 is 8.78 Å². The van der Waals surface area contributed by atoms with Gasteiger partial charge in [-0.3, -0.25) is 19.2 Å². The van der Waals surface area contributed by atoms with Crippen molar-refractivity contribution >= 4 is 11.6 Å². The minimum Gasteiger partial charge on any atom is -0.497 e. The summed E-state index contributed by atoms with van der Waals surface area (Å²) < 4.78 is 67.5. The van der Waals surface area contributed by atoms with Gasteiger partial charge in [-0.25, -0.2) is 13.8 Å². The Balaban J connectivity index is 1.57. The fourth-order valence-electron chi connectivity index (χ4n) is 5.04. The standard InChI is InChI=1S/C30H30F4N6O4/c1-37-11-13-39(14-12-37)17-19-5-4-6-24(35-19)40-29(42)26(36-28(41)18-7-9-20(10-8-18)44-30(33)34)27(38(40)2)25-22(31)15-21(43-3)16-23(25)32/h4-10,15-16,30H,11-14,17H2,1-3H3,(H,36,41). The number of aromatic nitrogens is 3. The van der Waals surface area contributed by atoms with Crippen molar-refractivity contribution in [2.75, 3.05) is 45.7 Å². The molecule has 0 bridgehead atoms. The summed E-state index contributed by atoms with van der Waals surface area (Å²) in [7, 11) is 4.72. The molecule has 1 aliphatic heterocycles. The molecule has 2 aromatic heterocycles. The molecule has 0 spiro atoms. The van der Waals surface area contributed by atoms with Crippen molar-refractivity contribution in [3.8, 4) is 28.6 Å². The topological polar surface area (TPSA) is 93.9 Å². The smallest absolute Gasteiger partial charge is 0.387 e. The van der Waals surface area contributed by atoms with Gasteiger partial charge in [-0.05, 0) is 43.4 Å². The van der Waals surface area contributed by atoms with E-state index < -0.39 is 41.0 Å². The number of anilines is 1. The molecule has 0 aliphatic carbocycles. The highest BCUT2D eigenvalue weighted by Gasteiger charge is 2.28. The Morgan fingerprint density at radius 2 is 1.64 bits per heavy atom. The molecule has 1 N–H and O–H groups in total. The lowest BCUT2D eigenvalue weighted by atomic mass is 10.1. The summed E-state index contributed by atoms with van der Waals surface area (Å²) >= 11 is 0. The molecule has 0 saturated carbocycles. The molecule has 232 valence electrons. The Bertz CT molecular complexity index is 1690. The lowest BCUT2D eigenvalue weighted by Gasteiger charge is -2.32. The van der Waals surface area contributed by atoms with Crippen LogP contribution in [0.25, 0.3) is 17.1 Å². The number of likely N-dealkylation sites (N-methyl/N-ethyl adjacent to an activating group) is 1. The predicted molar refractivity (Wildman–Crippen MR) is 155 cm³/mol. The second-order valence-electron chi connectivity index (χ2n) is 10.3. The summed E-state index contributed by atoms with van der Waals surface area (Å²) in [5, 5.41) is 2.47. The molecule has 10 nitrogen and oxygen atoms in total. The Morgan fingerprint density at radius 3 is 2.25 bits per heavy atom. The quantitative estimate of drug-likeness (QED) is 0.284. The number of benzene rings is 2. The molecular formula is C30H30F4N6O4. The SMILES string of the molecule is COc1cc(F)c(-c2c(NC(=O)c3ccc(OC(F)F)cc3)c(=O)n(-c3cccc(CN4CCN(C)CC4)n3)n2C)c(F)c1. The van der Waals surface area contributed by atoms with Gasteiger partial charge in [0, 0.05) is 57.5 Å². The lowest BCUT2D eigenvalue weighted by Crippen LogP contribution is -2.44. The number of alkyl halides is 2. The van der Waals surface area contributed by atoms with E-state index in [1.54, 1.807) is 12.1 Å². The van der Waals surface area contributed by atoms with Crippen LogP contribution >= 0.6 is 0 Å². The van der Waals surface area contributed by atoms with Crippen LogP contribution in [0.1, 0.15) is 16.1 Å². The van der Waals surface area contributed by atoms with Crippen LogP contribution in [-0.2, 0) is 13.6 Å². The number of piperazine rings is 1. The van der Waals surface area contributed by atoms with Gasteiger partial charge in [-0.1, -0.05) is 6.07 Å². The maximum atomic E-state index is 15.4.